The smallest absolute Gasteiger partial charge is 0.217 e. The van der Waals surface area contributed by atoms with Crippen LogP contribution in [0.25, 0.3) is 0 Å². The fourth-order valence-electron chi connectivity index (χ4n) is 5.01. The van der Waals surface area contributed by atoms with Gasteiger partial charge in [0, 0.05) is 21.1 Å². The van der Waals surface area contributed by atoms with Crippen molar-refractivity contribution in [2.45, 2.75) is 98.9 Å². The first kappa shape index (κ1) is 32.4. The first-order chi connectivity index (χ1) is 18.5. The van der Waals surface area contributed by atoms with Crippen LogP contribution in [0.4, 0.5) is 0 Å². The van der Waals surface area contributed by atoms with Crippen LogP contribution in [-0.2, 0) is 38.0 Å². The minimum atomic E-state index is -1.55. The first-order valence-corrected chi connectivity index (χ1v) is 12.5. The van der Waals surface area contributed by atoms with E-state index in [0.717, 1.165) is 0 Å². The van der Waals surface area contributed by atoms with E-state index in [2.05, 4.69) is 5.32 Å². The van der Waals surface area contributed by atoms with Crippen LogP contribution in [0.5, 0.6) is 0 Å². The lowest BCUT2D eigenvalue weighted by atomic mass is 9.94. The molecule has 0 aromatic rings. The molecule has 3 fully saturated rings. The number of carbonyl (C=O) groups excluding carboxylic acids is 1. The third-order valence-corrected chi connectivity index (χ3v) is 7.11. The van der Waals surface area contributed by atoms with Gasteiger partial charge in [0.25, 0.3) is 0 Å². The zero-order valence-electron chi connectivity index (χ0n) is 21.9. The molecule has 0 aromatic heterocycles. The highest BCUT2D eigenvalue weighted by atomic mass is 16.7. The highest BCUT2D eigenvalue weighted by Crippen LogP contribution is 2.32. The van der Waals surface area contributed by atoms with Gasteiger partial charge >= 0.3 is 0 Å². The van der Waals surface area contributed by atoms with Gasteiger partial charge in [0.15, 0.2) is 18.9 Å². The van der Waals surface area contributed by atoms with Crippen LogP contribution in [0.3, 0.4) is 0 Å². The molecular weight excluding hydrogens is 530 g/mol. The molecule has 0 aromatic carbocycles. The van der Waals surface area contributed by atoms with Crippen molar-refractivity contribution in [3.8, 4) is 0 Å². The van der Waals surface area contributed by atoms with Crippen molar-refractivity contribution in [1.29, 1.82) is 0 Å². The Kier molecular flexibility index (Phi) is 11.8. The third-order valence-electron chi connectivity index (χ3n) is 7.11. The zero-order chi connectivity index (χ0) is 29.0. The van der Waals surface area contributed by atoms with Gasteiger partial charge in [0.05, 0.1) is 31.9 Å². The molecule has 3 saturated heterocycles. The van der Waals surface area contributed by atoms with Crippen molar-refractivity contribution in [3.05, 3.63) is 0 Å². The summed E-state index contributed by atoms with van der Waals surface area (Å²) in [5.74, 6) is -0.485. The highest BCUT2D eigenvalue weighted by molar-refractivity contribution is 5.73. The molecule has 3 aliphatic heterocycles. The second-order valence-corrected chi connectivity index (χ2v) is 9.67. The van der Waals surface area contributed by atoms with Gasteiger partial charge in [-0.15, -0.1) is 0 Å². The molecule has 8 unspecified atom stereocenters. The lowest BCUT2D eigenvalue weighted by Gasteiger charge is -2.49. The molecule has 39 heavy (non-hydrogen) atoms. The van der Waals surface area contributed by atoms with Crippen molar-refractivity contribution in [1.82, 2.24) is 5.32 Å². The topological polar surface area (TPSA) is 267 Å². The summed E-state index contributed by atoms with van der Waals surface area (Å²) in [6, 6.07) is -3.57. The van der Waals surface area contributed by atoms with Gasteiger partial charge in [-0.1, -0.05) is 0 Å². The molecule has 0 saturated carbocycles. The molecule has 228 valence electrons. The minimum Gasteiger partial charge on any atom is -0.394 e. The number of nitrogens with one attached hydrogen (secondary N) is 1. The first-order valence-electron chi connectivity index (χ1n) is 12.5. The van der Waals surface area contributed by atoms with Gasteiger partial charge in [-0.2, -0.15) is 0 Å². The molecule has 0 radical (unpaired) electrons. The Balaban J connectivity index is 1.75. The van der Waals surface area contributed by atoms with Crippen LogP contribution in [0.1, 0.15) is 6.92 Å². The number of carbonyl (C=O) groups is 1. The predicted molar refractivity (Wildman–Crippen MR) is 126 cm³/mol. The van der Waals surface area contributed by atoms with Gasteiger partial charge in [-0.05, 0) is 0 Å². The number of aliphatic hydroxyl groups is 6. The summed E-state index contributed by atoms with van der Waals surface area (Å²) in [5.41, 5.74) is 12.2. The summed E-state index contributed by atoms with van der Waals surface area (Å²) >= 11 is 0. The maximum Gasteiger partial charge on any atom is 0.217 e. The Morgan fingerprint density at radius 2 is 1.13 bits per heavy atom. The molecule has 3 aliphatic rings. The van der Waals surface area contributed by atoms with Gasteiger partial charge in [-0.25, -0.2) is 0 Å². The van der Waals surface area contributed by atoms with Crippen molar-refractivity contribution < 1.29 is 68.6 Å². The molecule has 3 rings (SSSR count). The number of hydrogen-bond donors (Lipinski definition) is 9. The summed E-state index contributed by atoms with van der Waals surface area (Å²) in [5, 5.41) is 64.4. The second-order valence-electron chi connectivity index (χ2n) is 9.67. The van der Waals surface area contributed by atoms with E-state index in [9.17, 15) is 35.4 Å². The summed E-state index contributed by atoms with van der Waals surface area (Å²) < 4.78 is 39.0. The minimum absolute atomic E-state index is 0.485. The van der Waals surface area contributed by atoms with E-state index in [1.165, 1.54) is 21.1 Å². The van der Waals surface area contributed by atoms with Gasteiger partial charge in [0.1, 0.15) is 61.0 Å². The van der Waals surface area contributed by atoms with Crippen LogP contribution in [0.2, 0.25) is 0 Å². The number of nitrogens with two attached hydrogens (primary N) is 2. The van der Waals surface area contributed by atoms with Crippen molar-refractivity contribution in [2.75, 3.05) is 34.0 Å². The van der Waals surface area contributed by atoms with Crippen LogP contribution >= 0.6 is 0 Å². The zero-order valence-corrected chi connectivity index (χ0v) is 21.9. The molecule has 3 heterocycles. The number of ether oxygens (including phenoxy) is 7. The Bertz CT molecular complexity index is 780. The molecule has 17 heteroatoms. The van der Waals surface area contributed by atoms with Gasteiger partial charge < -0.3 is 80.6 Å². The largest absolute Gasteiger partial charge is 0.394 e. The lowest BCUT2D eigenvalue weighted by molar-refractivity contribution is -0.350. The fourth-order valence-corrected chi connectivity index (χ4v) is 5.01. The maximum absolute atomic E-state index is 11.7. The molecule has 17 nitrogen and oxygen atoms in total. The fraction of sp³-hybridized carbons (Fsp3) is 0.955. The molecule has 0 spiro atoms. The van der Waals surface area contributed by atoms with E-state index >= 15 is 0 Å². The van der Waals surface area contributed by atoms with E-state index in [4.69, 9.17) is 44.6 Å². The molecular formula is C22H41N3O14. The van der Waals surface area contributed by atoms with Crippen molar-refractivity contribution in [3.63, 3.8) is 0 Å². The second kappa shape index (κ2) is 14.2. The lowest BCUT2D eigenvalue weighted by Crippen LogP contribution is -2.70. The Morgan fingerprint density at radius 1 is 0.718 bits per heavy atom. The maximum atomic E-state index is 11.7. The molecule has 0 bridgehead atoms. The summed E-state index contributed by atoms with van der Waals surface area (Å²) in [4.78, 5) is 11.7. The average molecular weight is 572 g/mol. The van der Waals surface area contributed by atoms with E-state index in [0.29, 0.717) is 0 Å². The number of methoxy groups -OCH3 is 2. The number of aliphatic hydroxyl groups excluding tert-OH is 6. The Hall–Kier alpha value is -1.13. The third kappa shape index (κ3) is 6.85. The van der Waals surface area contributed by atoms with E-state index < -0.39 is 118 Å². The number of rotatable bonds is 10. The normalized spacial score (nSPS) is 47.1. The number of hydrogen-bond acceptors (Lipinski definition) is 16. The van der Waals surface area contributed by atoms with Crippen LogP contribution in [0, 0.1) is 0 Å². The summed E-state index contributed by atoms with van der Waals surface area (Å²) in [7, 11) is 2.61. The van der Waals surface area contributed by atoms with E-state index in [1.807, 2.05) is 0 Å². The van der Waals surface area contributed by atoms with E-state index in [-0.39, 0.29) is 0 Å². The Morgan fingerprint density at radius 3 is 1.54 bits per heavy atom. The predicted octanol–water partition coefficient (Wildman–Crippen LogP) is -6.19. The molecule has 15 atom stereocenters. The average Bonchev–Trinajstić information content (AvgIpc) is 2.92. The van der Waals surface area contributed by atoms with Gasteiger partial charge in [0.2, 0.25) is 5.91 Å². The van der Waals surface area contributed by atoms with E-state index in [1.54, 1.807) is 0 Å². The SMILES string of the molecule is CO[C@@H]1OC(CO)[C@@H](O[C@@H]2OC(CO)[C@@H](O[C@@H]3OC(CO)[C@@H](OC)C(O)C3N)[C@H](O)C2N)C(O)C1NC(C)=O. The Labute approximate surface area is 224 Å². The summed E-state index contributed by atoms with van der Waals surface area (Å²) in [6.45, 7) is -0.584. The van der Waals surface area contributed by atoms with Crippen LogP contribution in [-0.4, -0.2) is 163 Å². The molecule has 0 aliphatic carbocycles. The van der Waals surface area contributed by atoms with Crippen LogP contribution < -0.4 is 16.8 Å². The highest BCUT2D eigenvalue weighted by Gasteiger charge is 2.53. The quantitative estimate of drug-likeness (QED) is 0.118. The van der Waals surface area contributed by atoms with Crippen molar-refractivity contribution in [2.24, 2.45) is 11.5 Å². The van der Waals surface area contributed by atoms with Crippen LogP contribution in [0.15, 0.2) is 0 Å². The number of amides is 1. The van der Waals surface area contributed by atoms with Crippen molar-refractivity contribution >= 4 is 5.91 Å². The monoisotopic (exact) mass is 571 g/mol. The molecule has 1 amide bonds. The summed E-state index contributed by atoms with van der Waals surface area (Å²) in [6.07, 6.45) is -15.1. The molecule has 11 N–H and O–H groups in total. The standard InChI is InChI=1S/C22H41N3O14/c1-7(29)25-13-16(32)19(10(6-28)37-22(13)34-3)39-21-12(24)15(31)18(9(5-27)36-21)38-20-11(23)14(30)17(33-2)8(4-26)35-20/h8-22,26-28,30-32H,4-6,23-24H2,1-3H3,(H,25,29)/t8?,9?,10?,11?,12?,13?,14?,15-,16?,17-,18-,19-,20+,21+,22-/m1/s1. The van der Waals surface area contributed by atoms with Gasteiger partial charge in [-0.3, -0.25) is 4.79 Å².